The van der Waals surface area contributed by atoms with Gasteiger partial charge in [-0.05, 0) is 40.0 Å². The molecule has 0 aliphatic rings. The number of hydrogen-bond acceptors (Lipinski definition) is 5. The first-order valence-corrected chi connectivity index (χ1v) is 11.4. The Hall–Kier alpha value is -0.763. The predicted molar refractivity (Wildman–Crippen MR) is 97.9 cm³/mol. The number of rotatable bonds is 15. The maximum atomic E-state index is 5.87. The molecule has 0 atom stereocenters. The van der Waals surface area contributed by atoms with Gasteiger partial charge in [0.05, 0.1) is 18.4 Å². The highest BCUT2D eigenvalue weighted by molar-refractivity contribution is 6.60. The van der Waals surface area contributed by atoms with Crippen LogP contribution < -0.4 is 0 Å². The topological polar surface area (TPSA) is 58.4 Å². The summed E-state index contributed by atoms with van der Waals surface area (Å²) in [7, 11) is -2.54. The lowest BCUT2D eigenvalue weighted by atomic mass is 10.1. The highest BCUT2D eigenvalue weighted by Crippen LogP contribution is 2.18. The van der Waals surface area contributed by atoms with Gasteiger partial charge in [0.1, 0.15) is 0 Å². The molecule has 1 heterocycles. The monoisotopic (exact) mass is 357 g/mol. The Bertz CT molecular complexity index is 412. The first-order valence-electron chi connectivity index (χ1n) is 9.50. The van der Waals surface area contributed by atoms with Crippen LogP contribution in [-0.2, 0) is 26.2 Å². The third-order valence-corrected chi connectivity index (χ3v) is 6.96. The summed E-state index contributed by atoms with van der Waals surface area (Å²) < 4.78 is 17.6. The maximum Gasteiger partial charge on any atom is 0.500 e. The summed E-state index contributed by atoms with van der Waals surface area (Å²) in [6.45, 7) is 10.8. The summed E-state index contributed by atoms with van der Waals surface area (Å²) in [6, 6.07) is 0.801. The van der Waals surface area contributed by atoms with Gasteiger partial charge in [0.2, 0.25) is 0 Å². The normalized spacial score (nSPS) is 12.0. The molecule has 24 heavy (non-hydrogen) atoms. The van der Waals surface area contributed by atoms with E-state index in [1.165, 1.54) is 25.7 Å². The smallest absolute Gasteiger partial charge is 0.374 e. The lowest BCUT2D eigenvalue weighted by Gasteiger charge is -2.28. The zero-order valence-corrected chi connectivity index (χ0v) is 16.9. The highest BCUT2D eigenvalue weighted by atomic mass is 28.4. The molecule has 0 saturated heterocycles. The van der Waals surface area contributed by atoms with E-state index in [4.69, 9.17) is 13.3 Å². The number of aryl methyl sites for hydroxylation is 2. The van der Waals surface area contributed by atoms with Crippen molar-refractivity contribution in [3.63, 3.8) is 0 Å². The molecule has 140 valence electrons. The summed E-state index contributed by atoms with van der Waals surface area (Å²) >= 11 is 0. The molecule has 1 aromatic heterocycles. The fourth-order valence-corrected chi connectivity index (χ4v) is 5.32. The molecule has 0 aromatic carbocycles. The first kappa shape index (κ1) is 21.3. The molecule has 0 spiro atoms. The number of unbranched alkanes of at least 4 members (excludes halogenated alkanes) is 3. The lowest BCUT2D eigenvalue weighted by molar-refractivity contribution is 0.0703. The summed E-state index contributed by atoms with van der Waals surface area (Å²) in [5.41, 5.74) is 1.09. The summed E-state index contributed by atoms with van der Waals surface area (Å²) in [5.74, 6) is 0. The van der Waals surface area contributed by atoms with Gasteiger partial charge in [-0.25, -0.2) is 0 Å². The van der Waals surface area contributed by atoms with Crippen LogP contribution in [0.15, 0.2) is 6.20 Å². The van der Waals surface area contributed by atoms with Crippen molar-refractivity contribution in [2.24, 2.45) is 0 Å². The fourth-order valence-electron chi connectivity index (χ4n) is 2.73. The average molecular weight is 358 g/mol. The van der Waals surface area contributed by atoms with Crippen molar-refractivity contribution >= 4 is 8.80 Å². The molecule has 0 N–H and O–H groups in total. The zero-order valence-electron chi connectivity index (χ0n) is 15.9. The molecule has 1 aromatic rings. The Kier molecular flexibility index (Phi) is 11.2. The Morgan fingerprint density at radius 1 is 0.917 bits per heavy atom. The molecule has 6 nitrogen and oxygen atoms in total. The van der Waals surface area contributed by atoms with Crippen LogP contribution in [0.4, 0.5) is 0 Å². The Morgan fingerprint density at radius 2 is 1.58 bits per heavy atom. The minimum atomic E-state index is -2.54. The van der Waals surface area contributed by atoms with Crippen molar-refractivity contribution in [2.45, 2.75) is 78.8 Å². The SMILES string of the molecule is CCCCCCc1cnn(CCC[Si](OCC)(OCC)OCC)n1. The van der Waals surface area contributed by atoms with Crippen LogP contribution in [0, 0.1) is 0 Å². The van der Waals surface area contributed by atoms with Gasteiger partial charge in [0.25, 0.3) is 0 Å². The van der Waals surface area contributed by atoms with Gasteiger partial charge >= 0.3 is 8.80 Å². The van der Waals surface area contributed by atoms with E-state index in [2.05, 4.69) is 17.1 Å². The minimum Gasteiger partial charge on any atom is -0.374 e. The van der Waals surface area contributed by atoms with Gasteiger partial charge < -0.3 is 13.3 Å². The largest absolute Gasteiger partial charge is 0.500 e. The van der Waals surface area contributed by atoms with Crippen LogP contribution >= 0.6 is 0 Å². The average Bonchev–Trinajstić information content (AvgIpc) is 3.00. The van der Waals surface area contributed by atoms with Crippen molar-refractivity contribution in [1.82, 2.24) is 15.0 Å². The molecule has 0 saturated carbocycles. The van der Waals surface area contributed by atoms with Crippen molar-refractivity contribution < 1.29 is 13.3 Å². The van der Waals surface area contributed by atoms with Gasteiger partial charge in [0.15, 0.2) is 0 Å². The first-order chi connectivity index (χ1) is 11.7. The predicted octanol–water partition coefficient (Wildman–Crippen LogP) is 3.84. The Morgan fingerprint density at radius 3 is 2.17 bits per heavy atom. The van der Waals surface area contributed by atoms with Gasteiger partial charge in [-0.15, -0.1) is 0 Å². The second-order valence-electron chi connectivity index (χ2n) is 5.83. The van der Waals surface area contributed by atoms with E-state index in [-0.39, 0.29) is 0 Å². The van der Waals surface area contributed by atoms with Gasteiger partial charge in [0, 0.05) is 25.9 Å². The maximum absolute atomic E-state index is 5.87. The molecule has 0 unspecified atom stereocenters. The Balaban J connectivity index is 2.42. The molecule has 7 heteroatoms. The second kappa shape index (κ2) is 12.6. The quantitative estimate of drug-likeness (QED) is 0.352. The number of aromatic nitrogens is 3. The van der Waals surface area contributed by atoms with E-state index in [0.717, 1.165) is 31.1 Å². The molecule has 0 aliphatic heterocycles. The van der Waals surface area contributed by atoms with Gasteiger partial charge in [-0.2, -0.15) is 15.0 Å². The highest BCUT2D eigenvalue weighted by Gasteiger charge is 2.39. The van der Waals surface area contributed by atoms with Crippen LogP contribution in [0.3, 0.4) is 0 Å². The lowest BCUT2D eigenvalue weighted by Crippen LogP contribution is -2.46. The molecule has 0 bridgehead atoms. The minimum absolute atomic E-state index is 0.619. The van der Waals surface area contributed by atoms with E-state index in [1.54, 1.807) is 4.80 Å². The van der Waals surface area contributed by atoms with Crippen LogP contribution in [0.2, 0.25) is 6.04 Å². The van der Waals surface area contributed by atoms with Crippen molar-refractivity contribution in [2.75, 3.05) is 19.8 Å². The molecular weight excluding hydrogens is 322 g/mol. The van der Waals surface area contributed by atoms with E-state index in [0.29, 0.717) is 19.8 Å². The standard InChI is InChI=1S/C17H35N3O3Si/c1-5-9-10-11-13-17-16-18-20(19-17)14-12-15-24(21-6-2,22-7-3)23-8-4/h16H,5-15H2,1-4H3. The summed E-state index contributed by atoms with van der Waals surface area (Å²) in [5, 5.41) is 8.94. The third-order valence-electron chi connectivity index (χ3n) is 3.80. The van der Waals surface area contributed by atoms with Crippen LogP contribution in [0.25, 0.3) is 0 Å². The molecule has 1 rings (SSSR count). The zero-order chi connectivity index (χ0) is 17.7. The number of nitrogens with zero attached hydrogens (tertiary/aromatic N) is 3. The molecule has 0 amide bonds. The van der Waals surface area contributed by atoms with Crippen molar-refractivity contribution in [3.05, 3.63) is 11.9 Å². The van der Waals surface area contributed by atoms with Crippen LogP contribution in [0.5, 0.6) is 0 Å². The summed E-state index contributed by atoms with van der Waals surface area (Å²) in [4.78, 5) is 1.79. The van der Waals surface area contributed by atoms with Crippen LogP contribution in [-0.4, -0.2) is 43.6 Å². The van der Waals surface area contributed by atoms with E-state index < -0.39 is 8.80 Å². The van der Waals surface area contributed by atoms with Crippen LogP contribution in [0.1, 0.15) is 65.5 Å². The molecule has 0 aliphatic carbocycles. The van der Waals surface area contributed by atoms with Crippen molar-refractivity contribution in [3.8, 4) is 0 Å². The van der Waals surface area contributed by atoms with E-state index in [1.807, 2.05) is 27.0 Å². The molecule has 0 fully saturated rings. The molecule has 0 radical (unpaired) electrons. The van der Waals surface area contributed by atoms with E-state index in [9.17, 15) is 0 Å². The van der Waals surface area contributed by atoms with Gasteiger partial charge in [-0.3, -0.25) is 0 Å². The second-order valence-corrected chi connectivity index (χ2v) is 8.56. The third kappa shape index (κ3) is 7.87. The Labute approximate surface area is 148 Å². The van der Waals surface area contributed by atoms with E-state index >= 15 is 0 Å². The number of hydrogen-bond donors (Lipinski definition) is 0. The summed E-state index contributed by atoms with van der Waals surface area (Å²) in [6.07, 6.45) is 8.84. The fraction of sp³-hybridized carbons (Fsp3) is 0.882. The van der Waals surface area contributed by atoms with Gasteiger partial charge in [-0.1, -0.05) is 26.2 Å². The molecular formula is C17H35N3O3Si. The van der Waals surface area contributed by atoms with Crippen molar-refractivity contribution in [1.29, 1.82) is 0 Å².